The van der Waals surface area contributed by atoms with Crippen LogP contribution in [-0.2, 0) is 45.1 Å². The van der Waals surface area contributed by atoms with Gasteiger partial charge in [-0.2, -0.15) is 0 Å². The molecule has 11 nitrogen and oxygen atoms in total. The maximum Gasteiger partial charge on any atom is 0.243 e. The summed E-state index contributed by atoms with van der Waals surface area (Å²) in [4.78, 5) is 63.4. The zero-order chi connectivity index (χ0) is 53.1. The monoisotopic (exact) mass is 1120 g/mol. The van der Waals surface area contributed by atoms with Crippen molar-refractivity contribution in [3.63, 3.8) is 0 Å². The highest BCUT2D eigenvalue weighted by atomic mass is 35.5. The number of nitrogens with two attached hydrogens (primary N) is 1. The number of hydrogen-bond acceptors (Lipinski definition) is 7. The molecule has 0 aromatic heterocycles. The van der Waals surface area contributed by atoms with Crippen LogP contribution in [0.1, 0.15) is 108 Å². The number of fused-ring (bicyclic) bond motifs is 2. The minimum Gasteiger partial charge on any atom is -0.350 e. The Kier molecular flexibility index (Phi) is 23.0. The van der Waals surface area contributed by atoms with E-state index in [1.807, 2.05) is 34.1 Å². The Bertz CT molecular complexity index is 2330. The molecule has 8 atom stereocenters. The molecule has 2 unspecified atom stereocenters. The molecular weight excluding hydrogens is 1050 g/mol. The highest BCUT2D eigenvalue weighted by Gasteiger charge is 2.47. The highest BCUT2D eigenvalue weighted by molar-refractivity contribution is 6.42. The lowest BCUT2D eigenvalue weighted by molar-refractivity contribution is -0.143. The van der Waals surface area contributed by atoms with Crippen LogP contribution < -0.4 is 16.4 Å². The van der Waals surface area contributed by atoms with Gasteiger partial charge in [0.15, 0.2) is 0 Å². The van der Waals surface area contributed by atoms with Crippen molar-refractivity contribution >= 4 is 82.4 Å². The van der Waals surface area contributed by atoms with Crippen molar-refractivity contribution in [2.24, 2.45) is 23.5 Å². The Morgan fingerprint density at radius 3 is 1.41 bits per heavy atom. The van der Waals surface area contributed by atoms with Crippen LogP contribution in [0.3, 0.4) is 0 Å². The van der Waals surface area contributed by atoms with E-state index in [1.54, 1.807) is 24.3 Å². The van der Waals surface area contributed by atoms with E-state index in [0.29, 0.717) is 77.5 Å². The van der Waals surface area contributed by atoms with E-state index in [1.165, 1.54) is 11.1 Å². The molecule has 0 saturated carbocycles. The molecule has 0 radical (unpaired) electrons. The third-order valence-electron chi connectivity index (χ3n) is 15.3. The number of aryl methyl sites for hydroxylation is 2. The fraction of sp³-hybridized carbons (Fsp3) is 0.525. The summed E-state index contributed by atoms with van der Waals surface area (Å²) in [5.74, 6) is 0.919. The summed E-state index contributed by atoms with van der Waals surface area (Å²) in [6.07, 6.45) is 8.39. The number of nitrogens with zero attached hydrogens (tertiary/aromatic N) is 4. The number of carbonyl (C=O) groups is 4. The maximum atomic E-state index is 13.9. The lowest BCUT2D eigenvalue weighted by Gasteiger charge is -2.33. The summed E-state index contributed by atoms with van der Waals surface area (Å²) in [5.41, 5.74) is 10.7. The van der Waals surface area contributed by atoms with Crippen molar-refractivity contribution in [3.8, 4) is 0 Å². The van der Waals surface area contributed by atoms with Gasteiger partial charge in [-0.1, -0.05) is 154 Å². The molecule has 4 aliphatic rings. The Balaban J connectivity index is 0.000000241. The summed E-state index contributed by atoms with van der Waals surface area (Å²) in [6.45, 7) is 14.1. The van der Waals surface area contributed by atoms with Gasteiger partial charge in [-0.15, -0.1) is 12.4 Å². The third kappa shape index (κ3) is 16.6. The summed E-state index contributed by atoms with van der Waals surface area (Å²) in [7, 11) is 0. The van der Waals surface area contributed by atoms with Crippen LogP contribution in [0, 0.1) is 17.8 Å². The first-order chi connectivity index (χ1) is 35.4. The maximum absolute atomic E-state index is 13.9. The van der Waals surface area contributed by atoms with Crippen molar-refractivity contribution in [2.45, 2.75) is 154 Å². The second kappa shape index (κ2) is 28.6. The Morgan fingerprint density at radius 2 is 1.00 bits per heavy atom. The molecule has 4 amide bonds. The van der Waals surface area contributed by atoms with Gasteiger partial charge in [0.05, 0.1) is 32.2 Å². The van der Waals surface area contributed by atoms with E-state index >= 15 is 0 Å². The second-order valence-corrected chi connectivity index (χ2v) is 23.6. The van der Waals surface area contributed by atoms with Crippen LogP contribution >= 0.6 is 58.8 Å². The van der Waals surface area contributed by atoms with Gasteiger partial charge < -0.3 is 26.2 Å². The number of carbonyl (C=O) groups excluding carboxylic acids is 4. The SMILES string of the molecule is CC(C)C[C@H](C(=O)NCc1ccc(Cl)c(Cl)c1)N1CCC(CCc2ccccc2)N2C[C@H](C)C[C@H]2C1=O.CC(C)C[C@H](C(=O)NCc1ccc(Cl)c(Cl)c1)N1CCC(CCc2ccccc2)N2C[C@H](N)C[C@H]2C1=O.Cl. The minimum absolute atomic E-state index is 0. The van der Waals surface area contributed by atoms with Gasteiger partial charge in [0, 0.05) is 57.4 Å². The van der Waals surface area contributed by atoms with Gasteiger partial charge in [-0.3, -0.25) is 29.0 Å². The number of halogens is 5. The quantitative estimate of drug-likeness (QED) is 0.0904. The van der Waals surface area contributed by atoms with Crippen LogP contribution in [0.15, 0.2) is 97.1 Å². The Hall–Kier alpha value is -3.91. The topological polar surface area (TPSA) is 131 Å². The first-order valence-corrected chi connectivity index (χ1v) is 28.4. The van der Waals surface area contributed by atoms with Gasteiger partial charge in [0.1, 0.15) is 12.1 Å². The molecule has 4 saturated heterocycles. The summed E-state index contributed by atoms with van der Waals surface area (Å²) < 4.78 is 0. The summed E-state index contributed by atoms with van der Waals surface area (Å²) >= 11 is 24.4. The number of rotatable bonds is 18. The van der Waals surface area contributed by atoms with E-state index in [4.69, 9.17) is 52.1 Å². The Morgan fingerprint density at radius 1 is 0.587 bits per heavy atom. The first-order valence-electron chi connectivity index (χ1n) is 26.8. The van der Waals surface area contributed by atoms with Crippen LogP contribution in [0.25, 0.3) is 0 Å². The summed E-state index contributed by atoms with van der Waals surface area (Å²) in [5, 5.41) is 7.99. The predicted molar refractivity (Wildman–Crippen MR) is 307 cm³/mol. The van der Waals surface area contributed by atoms with Gasteiger partial charge in [-0.25, -0.2) is 0 Å². The molecule has 4 N–H and O–H groups in total. The lowest BCUT2D eigenvalue weighted by Crippen LogP contribution is -2.53. The third-order valence-corrected chi connectivity index (χ3v) is 16.7. The van der Waals surface area contributed by atoms with Crippen molar-refractivity contribution in [1.82, 2.24) is 30.2 Å². The average molecular weight is 1130 g/mol. The number of nitrogens with one attached hydrogen (secondary N) is 2. The van der Waals surface area contributed by atoms with Crippen LogP contribution in [0.5, 0.6) is 0 Å². The zero-order valence-corrected chi connectivity index (χ0v) is 48.1. The number of hydrogen-bond donors (Lipinski definition) is 3. The standard InChI is InChI=1S/C30H39Cl2N3O2.C29H38Cl2N4O2.ClH/c1-20(2)15-27(29(36)33-18-23-10-12-25(31)26(32)17-23)34-14-13-24(11-9-22-7-5-4-6-8-22)35-19-21(3)16-28(35)30(34)37;1-19(2)14-26(28(36)33-17-21-9-11-24(30)25(31)15-21)34-13-12-23(10-8-20-6-4-3-5-7-20)35-18-22(32)16-27(35)29(34)37;/h4-8,10,12,17,20-21,24,27-28H,9,11,13-16,18-19H2,1-3H3,(H,33,36);3-7,9,11,15,19,22-23,26-27H,8,10,12-14,16-18,32H2,1-2H3,(H,33,36);1H/t21-,24?,27-,28+;22-,23?,26-,27+;/m11./s1. The molecule has 4 heterocycles. The molecule has 0 spiro atoms. The van der Waals surface area contributed by atoms with E-state index in [-0.39, 0.29) is 72.0 Å². The van der Waals surface area contributed by atoms with E-state index in [0.717, 1.165) is 69.2 Å². The molecular formula is C59H78Cl5N7O4. The zero-order valence-electron chi connectivity index (χ0n) is 44.2. The normalized spacial score (nSPS) is 22.8. The molecule has 4 aliphatic heterocycles. The van der Waals surface area contributed by atoms with Crippen LogP contribution in [0.2, 0.25) is 20.1 Å². The fourth-order valence-corrected chi connectivity index (χ4v) is 12.2. The molecule has 4 aromatic carbocycles. The van der Waals surface area contributed by atoms with Crippen molar-refractivity contribution in [1.29, 1.82) is 0 Å². The van der Waals surface area contributed by atoms with E-state index in [2.05, 4.69) is 104 Å². The van der Waals surface area contributed by atoms with E-state index < -0.39 is 12.1 Å². The Labute approximate surface area is 472 Å². The molecule has 4 fully saturated rings. The van der Waals surface area contributed by atoms with Crippen molar-refractivity contribution < 1.29 is 19.2 Å². The molecule has 408 valence electrons. The van der Waals surface area contributed by atoms with E-state index in [9.17, 15) is 19.2 Å². The fourth-order valence-electron chi connectivity index (χ4n) is 11.5. The highest BCUT2D eigenvalue weighted by Crippen LogP contribution is 2.35. The average Bonchev–Trinajstić information content (AvgIpc) is 3.91. The van der Waals surface area contributed by atoms with Gasteiger partial charge in [0.25, 0.3) is 0 Å². The number of amides is 4. The van der Waals surface area contributed by atoms with Gasteiger partial charge >= 0.3 is 0 Å². The molecule has 8 rings (SSSR count). The van der Waals surface area contributed by atoms with Gasteiger partial charge in [-0.05, 0) is 128 Å². The summed E-state index contributed by atoms with van der Waals surface area (Å²) in [6, 6.07) is 30.9. The molecule has 16 heteroatoms. The largest absolute Gasteiger partial charge is 0.350 e. The number of benzene rings is 4. The minimum atomic E-state index is -0.526. The molecule has 0 bridgehead atoms. The second-order valence-electron chi connectivity index (χ2n) is 22.0. The molecule has 75 heavy (non-hydrogen) atoms. The first kappa shape index (κ1) is 60.3. The van der Waals surface area contributed by atoms with Crippen molar-refractivity contribution in [2.75, 3.05) is 26.2 Å². The molecule has 0 aliphatic carbocycles. The smallest absolute Gasteiger partial charge is 0.243 e. The van der Waals surface area contributed by atoms with Gasteiger partial charge in [0.2, 0.25) is 23.6 Å². The van der Waals surface area contributed by atoms with Crippen LogP contribution in [-0.4, -0.2) is 112 Å². The lowest BCUT2D eigenvalue weighted by atomic mass is 9.99. The predicted octanol–water partition coefficient (Wildman–Crippen LogP) is 11.0. The van der Waals surface area contributed by atoms with Crippen molar-refractivity contribution in [3.05, 3.63) is 139 Å². The molecule has 4 aromatic rings. The van der Waals surface area contributed by atoms with Crippen LogP contribution in [0.4, 0.5) is 0 Å².